The lowest BCUT2D eigenvalue weighted by Crippen LogP contribution is -2.33. The highest BCUT2D eigenvalue weighted by molar-refractivity contribution is 5.73. The zero-order valence-corrected chi connectivity index (χ0v) is 23.2. The van der Waals surface area contributed by atoms with Crippen LogP contribution >= 0.6 is 0 Å². The third-order valence-corrected chi connectivity index (χ3v) is 2.08. The van der Waals surface area contributed by atoms with E-state index in [1.54, 1.807) is 0 Å². The number of carboxylic acid groups (broad SMARTS) is 8. The van der Waals surface area contributed by atoms with Crippen molar-refractivity contribution in [3.63, 3.8) is 0 Å². The van der Waals surface area contributed by atoms with Crippen molar-refractivity contribution in [2.24, 2.45) is 45.9 Å². The quantitative estimate of drug-likeness (QED) is 0.103. The number of aliphatic carboxylic acids is 8. The Morgan fingerprint density at radius 3 is 0.455 bits per heavy atom. The molecule has 0 aromatic carbocycles. The Labute approximate surface area is 248 Å². The number of nitrogens with two attached hydrogens (primary N) is 8. The van der Waals surface area contributed by atoms with E-state index in [1.807, 2.05) is 0 Å². The Bertz CT molecular complexity index is 644. The fraction of sp³-hybridized carbons (Fsp3) is 0.556. The second-order valence-electron chi connectivity index (χ2n) is 5.84. The molecule has 2 atom stereocenters. The van der Waals surface area contributed by atoms with Gasteiger partial charge in [-0.05, 0) is 0 Å². The van der Waals surface area contributed by atoms with E-state index in [9.17, 15) is 38.4 Å². The van der Waals surface area contributed by atoms with E-state index in [1.165, 1.54) is 0 Å². The number of hydrogen-bond donors (Lipinski definition) is 18. The minimum atomic E-state index is -1.18. The maximum atomic E-state index is 9.65. The van der Waals surface area contributed by atoms with Crippen LogP contribution in [0.1, 0.15) is 0 Å². The molecule has 0 fully saturated rings. The molecule has 0 heterocycles. The summed E-state index contributed by atoms with van der Waals surface area (Å²) in [6.45, 7) is -2.68. The smallest absolute Gasteiger partial charge is 0.322 e. The average molecular weight is 661 g/mol. The number of rotatable bonds is 10. The summed E-state index contributed by atoms with van der Waals surface area (Å²) in [5.41, 5.74) is 37.0. The van der Waals surface area contributed by atoms with E-state index >= 15 is 0 Å². The second-order valence-corrected chi connectivity index (χ2v) is 5.84. The third-order valence-electron chi connectivity index (χ3n) is 2.08. The topological polar surface area (TPSA) is 547 Å². The molecule has 0 aromatic rings. The van der Waals surface area contributed by atoms with Gasteiger partial charge in [0.25, 0.3) is 0 Å². The minimum absolute atomic E-state index is 0.278. The van der Waals surface area contributed by atoms with Crippen LogP contribution in [-0.4, -0.2) is 163 Å². The van der Waals surface area contributed by atoms with Crippen LogP contribution in [0.15, 0.2) is 0 Å². The molecule has 0 aliphatic rings. The highest BCUT2D eigenvalue weighted by Gasteiger charge is 2.07. The minimum Gasteiger partial charge on any atom is -0.480 e. The van der Waals surface area contributed by atoms with Gasteiger partial charge in [-0.1, -0.05) is 0 Å². The standard InChI is InChI=1S/2C3H7NO3.6C2H5NO2/c2*4-2(1-5)3(6)7;6*3-1-2(4)5/h2*2,5H,1,4H2,(H,6,7);6*1,3H2,(H,4,5)/t2*2-;;;;;;/m00....../s1. The Hall–Kier alpha value is -4.64. The van der Waals surface area contributed by atoms with Crippen LogP contribution < -0.4 is 45.9 Å². The predicted octanol–water partition coefficient (Wildman–Crippen LogP) is -9.04. The van der Waals surface area contributed by atoms with Gasteiger partial charge in [0, 0.05) is 0 Å². The number of aliphatic hydroxyl groups excluding tert-OH is 2. The summed E-state index contributed by atoms with van der Waals surface area (Å²) in [5, 5.41) is 77.4. The highest BCUT2D eigenvalue weighted by atomic mass is 16.4. The van der Waals surface area contributed by atoms with Crippen LogP contribution in [0.2, 0.25) is 0 Å². The largest absolute Gasteiger partial charge is 0.480 e. The summed E-state index contributed by atoms with van der Waals surface area (Å²) in [4.78, 5) is 74.7. The molecule has 0 saturated carbocycles. The van der Waals surface area contributed by atoms with Gasteiger partial charge < -0.3 is 96.9 Å². The zero-order chi connectivity index (χ0) is 37.4. The maximum absolute atomic E-state index is 9.65. The van der Waals surface area contributed by atoms with Crippen molar-refractivity contribution in [2.45, 2.75) is 12.1 Å². The molecule has 26 heteroatoms. The molecule has 0 amide bonds. The summed E-state index contributed by atoms with van der Waals surface area (Å²) >= 11 is 0. The lowest BCUT2D eigenvalue weighted by atomic mass is 10.3. The molecule has 0 aliphatic carbocycles. The number of carboxylic acids is 8. The second kappa shape index (κ2) is 48.1. The van der Waals surface area contributed by atoms with Crippen molar-refractivity contribution in [2.75, 3.05) is 52.5 Å². The molecule has 44 heavy (non-hydrogen) atoms. The Balaban J connectivity index is -0.0000000564. The normalized spacial score (nSPS) is 9.32. The summed E-state index contributed by atoms with van der Waals surface area (Å²) in [5.74, 6) is -8.16. The molecule has 0 saturated heterocycles. The molecule has 0 aliphatic heterocycles. The van der Waals surface area contributed by atoms with Crippen LogP contribution in [0.4, 0.5) is 0 Å². The van der Waals surface area contributed by atoms with Gasteiger partial charge in [-0.2, -0.15) is 0 Å². The number of aliphatic hydroxyl groups is 2. The van der Waals surface area contributed by atoms with Gasteiger partial charge in [0.05, 0.1) is 52.5 Å². The van der Waals surface area contributed by atoms with E-state index < -0.39 is 73.1 Å². The first-order valence-electron chi connectivity index (χ1n) is 10.7. The van der Waals surface area contributed by atoms with Crippen molar-refractivity contribution in [1.29, 1.82) is 0 Å². The SMILES string of the molecule is NCC(=O)O.NCC(=O)O.NCC(=O)O.NCC(=O)O.NCC(=O)O.NCC(=O)O.N[C@@H](CO)C(=O)O.N[C@@H](CO)C(=O)O. The van der Waals surface area contributed by atoms with Gasteiger partial charge in [-0.3, -0.25) is 38.4 Å². The van der Waals surface area contributed by atoms with Crippen molar-refractivity contribution < 1.29 is 89.4 Å². The van der Waals surface area contributed by atoms with Gasteiger partial charge >= 0.3 is 47.8 Å². The van der Waals surface area contributed by atoms with Gasteiger partial charge in [-0.15, -0.1) is 0 Å². The molecule has 0 radical (unpaired) electrons. The summed E-state index contributed by atoms with van der Waals surface area (Å²) in [6, 6.07) is -2.25. The molecule has 0 spiro atoms. The van der Waals surface area contributed by atoms with Crippen LogP contribution in [-0.2, 0) is 38.4 Å². The summed E-state index contributed by atoms with van der Waals surface area (Å²) in [7, 11) is 0. The fourth-order valence-corrected chi connectivity index (χ4v) is 0.156. The lowest BCUT2D eigenvalue weighted by molar-refractivity contribution is -0.140. The van der Waals surface area contributed by atoms with Crippen molar-refractivity contribution >= 4 is 47.8 Å². The first kappa shape index (κ1) is 58.9. The molecular formula is C18H44N8O18. The number of carbonyl (C=O) groups is 8. The van der Waals surface area contributed by atoms with Gasteiger partial charge in [-0.25, -0.2) is 0 Å². The molecular weight excluding hydrogens is 616 g/mol. The monoisotopic (exact) mass is 660 g/mol. The van der Waals surface area contributed by atoms with Gasteiger partial charge in [0.15, 0.2) is 0 Å². The molecule has 0 aromatic heterocycles. The van der Waals surface area contributed by atoms with E-state index in [-0.39, 0.29) is 39.3 Å². The first-order valence-corrected chi connectivity index (χ1v) is 10.7. The Kier molecular flexibility index (Phi) is 64.4. The van der Waals surface area contributed by atoms with Crippen molar-refractivity contribution in [1.82, 2.24) is 0 Å². The molecule has 0 rings (SSSR count). The zero-order valence-electron chi connectivity index (χ0n) is 23.2. The van der Waals surface area contributed by atoms with Gasteiger partial charge in [0.2, 0.25) is 0 Å². The molecule has 26 N–H and O–H groups in total. The van der Waals surface area contributed by atoms with Crippen LogP contribution in [0.25, 0.3) is 0 Å². The van der Waals surface area contributed by atoms with Crippen LogP contribution in [0.3, 0.4) is 0 Å². The molecule has 26 nitrogen and oxygen atoms in total. The van der Waals surface area contributed by atoms with E-state index in [4.69, 9.17) is 62.5 Å². The Morgan fingerprint density at radius 2 is 0.455 bits per heavy atom. The summed E-state index contributed by atoms with van der Waals surface area (Å²) < 4.78 is 0. The van der Waals surface area contributed by atoms with E-state index in [2.05, 4.69) is 34.4 Å². The van der Waals surface area contributed by atoms with E-state index in [0.29, 0.717) is 0 Å². The number of hydrogen-bond acceptors (Lipinski definition) is 18. The highest BCUT2D eigenvalue weighted by Crippen LogP contribution is 1.71. The van der Waals surface area contributed by atoms with Crippen LogP contribution in [0.5, 0.6) is 0 Å². The molecule has 0 unspecified atom stereocenters. The predicted molar refractivity (Wildman–Crippen MR) is 146 cm³/mol. The van der Waals surface area contributed by atoms with Crippen molar-refractivity contribution in [3.05, 3.63) is 0 Å². The van der Waals surface area contributed by atoms with Crippen molar-refractivity contribution in [3.8, 4) is 0 Å². The third kappa shape index (κ3) is 132. The average Bonchev–Trinajstić information content (AvgIpc) is 2.97. The molecule has 264 valence electrons. The fourth-order valence-electron chi connectivity index (χ4n) is 0.156. The Morgan fingerprint density at radius 1 is 0.364 bits per heavy atom. The van der Waals surface area contributed by atoms with Crippen LogP contribution in [0, 0.1) is 0 Å². The summed E-state index contributed by atoms with van der Waals surface area (Å²) in [6.07, 6.45) is 0. The molecule has 0 bridgehead atoms. The maximum Gasteiger partial charge on any atom is 0.322 e. The van der Waals surface area contributed by atoms with E-state index in [0.717, 1.165) is 0 Å². The first-order chi connectivity index (χ1) is 20.0. The van der Waals surface area contributed by atoms with Gasteiger partial charge in [0.1, 0.15) is 12.1 Å². The lowest BCUT2D eigenvalue weighted by Gasteiger charge is -1.96.